The minimum Gasteiger partial charge on any atom is -0.313 e. The maximum atomic E-state index is 10.4. The number of hydroxylamine groups is 2. The van der Waals surface area contributed by atoms with E-state index in [1.54, 1.807) is 0 Å². The zero-order chi connectivity index (χ0) is 13.4. The highest BCUT2D eigenvalue weighted by molar-refractivity contribution is 5.55. The van der Waals surface area contributed by atoms with Gasteiger partial charge in [-0.3, -0.25) is 0 Å². The molecule has 0 amide bonds. The highest BCUT2D eigenvalue weighted by Crippen LogP contribution is 2.40. The van der Waals surface area contributed by atoms with Crippen molar-refractivity contribution in [2.24, 2.45) is 0 Å². The molecule has 98 valence electrons. The largest absolute Gasteiger partial charge is 0.313 e. The lowest BCUT2D eigenvalue weighted by atomic mass is 9.77. The van der Waals surface area contributed by atoms with Gasteiger partial charge in [-0.25, -0.2) is 0 Å². The third-order valence-corrected chi connectivity index (χ3v) is 4.04. The van der Waals surface area contributed by atoms with Gasteiger partial charge in [0.15, 0.2) is 0 Å². The molecular formula is C16H23NO. The normalized spacial score (nSPS) is 25.3. The maximum absolute atomic E-state index is 10.4. The van der Waals surface area contributed by atoms with Crippen molar-refractivity contribution in [2.75, 3.05) is 0 Å². The minimum absolute atomic E-state index is 0.155. The Bertz CT molecular complexity index is 445. The van der Waals surface area contributed by atoms with E-state index < -0.39 is 0 Å². The van der Waals surface area contributed by atoms with Gasteiger partial charge in [0.05, 0.1) is 5.54 Å². The predicted octanol–water partition coefficient (Wildman–Crippen LogP) is 4.11. The molecule has 2 heteroatoms. The van der Waals surface area contributed by atoms with E-state index in [9.17, 15) is 5.21 Å². The summed E-state index contributed by atoms with van der Waals surface area (Å²) in [5.74, 6) is 0. The Balaban J connectivity index is 2.33. The van der Waals surface area contributed by atoms with Crippen LogP contribution in [0.25, 0.3) is 6.08 Å². The minimum atomic E-state index is -0.308. The third kappa shape index (κ3) is 2.36. The first-order valence-corrected chi connectivity index (χ1v) is 6.59. The van der Waals surface area contributed by atoms with Crippen molar-refractivity contribution in [2.45, 2.75) is 51.6 Å². The summed E-state index contributed by atoms with van der Waals surface area (Å²) in [5.41, 5.74) is 2.03. The standard InChI is InChI=1S/C16H23NO/c1-15(2)11-10-14(16(3,4)17(15)18)12-13-8-6-5-7-9-13/h5-9,12,18H,10-11H2,1-4H3. The number of hydrogen-bond acceptors (Lipinski definition) is 2. The smallest absolute Gasteiger partial charge is 0.0622 e. The summed E-state index contributed by atoms with van der Waals surface area (Å²) in [6, 6.07) is 10.3. The fourth-order valence-corrected chi connectivity index (χ4v) is 2.74. The van der Waals surface area contributed by atoms with E-state index in [-0.39, 0.29) is 11.1 Å². The van der Waals surface area contributed by atoms with Crippen LogP contribution < -0.4 is 0 Å². The lowest BCUT2D eigenvalue weighted by Gasteiger charge is -2.50. The van der Waals surface area contributed by atoms with Gasteiger partial charge in [0.25, 0.3) is 0 Å². The molecule has 18 heavy (non-hydrogen) atoms. The molecule has 1 aliphatic rings. The maximum Gasteiger partial charge on any atom is 0.0622 e. The molecule has 0 unspecified atom stereocenters. The zero-order valence-corrected chi connectivity index (χ0v) is 11.8. The fraction of sp³-hybridized carbons (Fsp3) is 0.500. The fourth-order valence-electron chi connectivity index (χ4n) is 2.74. The van der Waals surface area contributed by atoms with Gasteiger partial charge in [0.1, 0.15) is 0 Å². The molecular weight excluding hydrogens is 222 g/mol. The van der Waals surface area contributed by atoms with Crippen LogP contribution in [0.3, 0.4) is 0 Å². The lowest BCUT2D eigenvalue weighted by molar-refractivity contribution is -0.224. The topological polar surface area (TPSA) is 23.5 Å². The molecule has 1 aromatic carbocycles. The van der Waals surface area contributed by atoms with Gasteiger partial charge in [-0.05, 0) is 51.7 Å². The van der Waals surface area contributed by atoms with Gasteiger partial charge in [-0.2, -0.15) is 5.06 Å². The van der Waals surface area contributed by atoms with E-state index >= 15 is 0 Å². The highest BCUT2D eigenvalue weighted by Gasteiger charge is 2.43. The van der Waals surface area contributed by atoms with Crippen molar-refractivity contribution in [1.29, 1.82) is 0 Å². The number of hydrogen-bond donors (Lipinski definition) is 1. The molecule has 1 saturated heterocycles. The van der Waals surface area contributed by atoms with Crippen LogP contribution in [0, 0.1) is 0 Å². The first-order chi connectivity index (χ1) is 8.34. The zero-order valence-electron chi connectivity index (χ0n) is 11.8. The third-order valence-electron chi connectivity index (χ3n) is 4.04. The molecule has 0 spiro atoms. The molecule has 2 nitrogen and oxygen atoms in total. The van der Waals surface area contributed by atoms with E-state index in [4.69, 9.17) is 0 Å². The Labute approximate surface area is 110 Å². The number of rotatable bonds is 1. The monoisotopic (exact) mass is 245 g/mol. The summed E-state index contributed by atoms with van der Waals surface area (Å²) in [4.78, 5) is 0. The molecule has 0 bridgehead atoms. The van der Waals surface area contributed by atoms with Crippen LogP contribution in [-0.4, -0.2) is 21.3 Å². The van der Waals surface area contributed by atoms with Crippen LogP contribution in [0.5, 0.6) is 0 Å². The van der Waals surface area contributed by atoms with Crippen LogP contribution in [0.2, 0.25) is 0 Å². The SMILES string of the molecule is CC1(C)CCC(=Cc2ccccc2)C(C)(C)N1O. The van der Waals surface area contributed by atoms with Crippen LogP contribution in [0.15, 0.2) is 35.9 Å². The molecule has 1 fully saturated rings. The highest BCUT2D eigenvalue weighted by atomic mass is 16.5. The molecule has 0 atom stereocenters. The van der Waals surface area contributed by atoms with Crippen molar-refractivity contribution >= 4 is 6.08 Å². The summed E-state index contributed by atoms with van der Waals surface area (Å²) in [6.07, 6.45) is 4.22. The number of nitrogens with zero attached hydrogens (tertiary/aromatic N) is 1. The Hall–Kier alpha value is -1.12. The summed E-state index contributed by atoms with van der Waals surface area (Å²) in [6.45, 7) is 8.35. The van der Waals surface area contributed by atoms with Crippen LogP contribution in [0.4, 0.5) is 0 Å². The van der Waals surface area contributed by atoms with Gasteiger partial charge >= 0.3 is 0 Å². The van der Waals surface area contributed by atoms with Crippen molar-refractivity contribution in [3.8, 4) is 0 Å². The Kier molecular flexibility index (Phi) is 3.35. The molecule has 0 saturated carbocycles. The summed E-state index contributed by atoms with van der Waals surface area (Å²) in [7, 11) is 0. The van der Waals surface area contributed by atoms with Crippen molar-refractivity contribution in [1.82, 2.24) is 5.06 Å². The van der Waals surface area contributed by atoms with Gasteiger partial charge in [0.2, 0.25) is 0 Å². The first-order valence-electron chi connectivity index (χ1n) is 6.59. The van der Waals surface area contributed by atoms with Crippen molar-refractivity contribution < 1.29 is 5.21 Å². The quantitative estimate of drug-likeness (QED) is 0.804. The van der Waals surface area contributed by atoms with Gasteiger partial charge < -0.3 is 5.21 Å². The molecule has 2 rings (SSSR count). The lowest BCUT2D eigenvalue weighted by Crippen LogP contribution is -2.57. The van der Waals surface area contributed by atoms with E-state index in [1.165, 1.54) is 16.2 Å². The summed E-state index contributed by atoms with van der Waals surface area (Å²) < 4.78 is 0. The molecule has 1 heterocycles. The van der Waals surface area contributed by atoms with Crippen LogP contribution in [-0.2, 0) is 0 Å². The van der Waals surface area contributed by atoms with E-state index in [2.05, 4.69) is 45.9 Å². The van der Waals surface area contributed by atoms with E-state index in [0.29, 0.717) is 0 Å². The molecule has 0 aromatic heterocycles. The number of benzene rings is 1. The van der Waals surface area contributed by atoms with Gasteiger partial charge in [-0.1, -0.05) is 36.4 Å². The second-order valence-corrected chi connectivity index (χ2v) is 6.26. The second-order valence-electron chi connectivity index (χ2n) is 6.26. The van der Waals surface area contributed by atoms with E-state index in [0.717, 1.165) is 12.8 Å². The molecule has 1 N–H and O–H groups in total. The Morgan fingerprint density at radius 3 is 2.33 bits per heavy atom. The van der Waals surface area contributed by atoms with Crippen molar-refractivity contribution in [3.05, 3.63) is 41.5 Å². The van der Waals surface area contributed by atoms with Crippen LogP contribution >= 0.6 is 0 Å². The first kappa shape index (κ1) is 13.3. The summed E-state index contributed by atoms with van der Waals surface area (Å²) >= 11 is 0. The molecule has 1 aromatic rings. The molecule has 1 aliphatic heterocycles. The van der Waals surface area contributed by atoms with Crippen LogP contribution in [0.1, 0.15) is 46.1 Å². The average Bonchev–Trinajstić information content (AvgIpc) is 2.33. The Morgan fingerprint density at radius 1 is 1.11 bits per heavy atom. The summed E-state index contributed by atoms with van der Waals surface area (Å²) in [5, 5.41) is 11.9. The van der Waals surface area contributed by atoms with Crippen molar-refractivity contribution in [3.63, 3.8) is 0 Å². The molecule has 0 aliphatic carbocycles. The van der Waals surface area contributed by atoms with Gasteiger partial charge in [0, 0.05) is 5.54 Å². The predicted molar refractivity (Wildman–Crippen MR) is 75.4 cm³/mol. The Morgan fingerprint density at radius 2 is 1.72 bits per heavy atom. The molecule has 0 radical (unpaired) electrons. The second kappa shape index (κ2) is 4.52. The number of piperidine rings is 1. The van der Waals surface area contributed by atoms with Gasteiger partial charge in [-0.15, -0.1) is 0 Å². The van der Waals surface area contributed by atoms with E-state index in [1.807, 2.05) is 18.2 Å². The average molecular weight is 245 g/mol.